The van der Waals surface area contributed by atoms with Crippen LogP contribution in [0.25, 0.3) is 0 Å². The van der Waals surface area contributed by atoms with Gasteiger partial charge in [-0.1, -0.05) is 26.2 Å². The van der Waals surface area contributed by atoms with Gasteiger partial charge in [-0.25, -0.2) is 0 Å². The molecule has 1 aromatic rings. The van der Waals surface area contributed by atoms with Crippen LogP contribution >= 0.6 is 11.3 Å². The molecule has 1 fully saturated rings. The second-order valence-corrected chi connectivity index (χ2v) is 9.08. The van der Waals surface area contributed by atoms with Crippen molar-refractivity contribution in [1.29, 1.82) is 0 Å². The summed E-state index contributed by atoms with van der Waals surface area (Å²) in [6, 6.07) is 0.231. The molecule has 1 aromatic heterocycles. The molecule has 28 heavy (non-hydrogen) atoms. The Morgan fingerprint density at radius 1 is 1.14 bits per heavy atom. The third-order valence-corrected chi connectivity index (χ3v) is 7.08. The maximum Gasteiger partial charge on any atom is 0.303 e. The predicted molar refractivity (Wildman–Crippen MR) is 110 cm³/mol. The van der Waals surface area contributed by atoms with E-state index in [1.54, 1.807) is 0 Å². The van der Waals surface area contributed by atoms with E-state index >= 15 is 0 Å². The van der Waals surface area contributed by atoms with Crippen molar-refractivity contribution in [2.75, 3.05) is 5.32 Å². The van der Waals surface area contributed by atoms with E-state index in [4.69, 9.17) is 5.11 Å². The molecule has 0 aliphatic heterocycles. The summed E-state index contributed by atoms with van der Waals surface area (Å²) < 4.78 is 0. The molecular formula is C21H30N2O4S. The smallest absolute Gasteiger partial charge is 0.303 e. The van der Waals surface area contributed by atoms with E-state index in [1.165, 1.54) is 16.2 Å². The maximum atomic E-state index is 13.1. The zero-order chi connectivity index (χ0) is 20.1. The summed E-state index contributed by atoms with van der Waals surface area (Å²) in [5.41, 5.74) is 1.75. The normalized spacial score (nSPS) is 19.2. The van der Waals surface area contributed by atoms with Crippen LogP contribution in [0.15, 0.2) is 0 Å². The monoisotopic (exact) mass is 406 g/mol. The molecule has 3 rings (SSSR count). The van der Waals surface area contributed by atoms with Crippen LogP contribution in [-0.4, -0.2) is 28.9 Å². The molecule has 0 radical (unpaired) electrons. The number of hydrogen-bond acceptors (Lipinski definition) is 4. The first-order valence-electron chi connectivity index (χ1n) is 10.4. The highest BCUT2D eigenvalue weighted by molar-refractivity contribution is 7.17. The Morgan fingerprint density at radius 3 is 2.57 bits per heavy atom. The van der Waals surface area contributed by atoms with Gasteiger partial charge in [0.15, 0.2) is 0 Å². The summed E-state index contributed by atoms with van der Waals surface area (Å²) in [6.07, 6.45) is 8.82. The van der Waals surface area contributed by atoms with Crippen molar-refractivity contribution < 1.29 is 19.5 Å². The number of carboxylic acids is 1. The molecule has 1 atom stereocenters. The molecule has 1 saturated carbocycles. The number of aliphatic carboxylic acids is 1. The van der Waals surface area contributed by atoms with Crippen molar-refractivity contribution in [3.8, 4) is 0 Å². The minimum Gasteiger partial charge on any atom is -0.481 e. The number of carbonyl (C=O) groups is 3. The fourth-order valence-electron chi connectivity index (χ4n) is 4.25. The van der Waals surface area contributed by atoms with Gasteiger partial charge in [0.2, 0.25) is 5.91 Å². The van der Waals surface area contributed by atoms with Crippen LogP contribution in [0.5, 0.6) is 0 Å². The number of hydrogen-bond donors (Lipinski definition) is 3. The summed E-state index contributed by atoms with van der Waals surface area (Å²) in [7, 11) is 0. The van der Waals surface area contributed by atoms with E-state index in [0.29, 0.717) is 22.9 Å². The Balaban J connectivity index is 1.77. The summed E-state index contributed by atoms with van der Waals surface area (Å²) in [6.45, 7) is 2.20. The van der Waals surface area contributed by atoms with E-state index in [9.17, 15) is 14.4 Å². The van der Waals surface area contributed by atoms with Crippen LogP contribution in [0.4, 0.5) is 5.00 Å². The lowest BCUT2D eigenvalue weighted by Gasteiger charge is -2.21. The third kappa shape index (κ3) is 5.13. The predicted octanol–water partition coefficient (Wildman–Crippen LogP) is 4.13. The molecular weight excluding hydrogens is 376 g/mol. The first kappa shape index (κ1) is 20.8. The molecule has 2 aliphatic rings. The molecule has 0 aromatic carbocycles. The van der Waals surface area contributed by atoms with Gasteiger partial charge in [0, 0.05) is 23.8 Å². The van der Waals surface area contributed by atoms with Crippen LogP contribution < -0.4 is 10.6 Å². The molecule has 0 spiro atoms. The number of rotatable bonds is 8. The average Bonchev–Trinajstić information content (AvgIpc) is 3.27. The van der Waals surface area contributed by atoms with Gasteiger partial charge in [-0.3, -0.25) is 14.4 Å². The van der Waals surface area contributed by atoms with Crippen LogP contribution in [0.2, 0.25) is 0 Å². The van der Waals surface area contributed by atoms with Crippen LogP contribution in [0.3, 0.4) is 0 Å². The number of fused-ring (bicyclic) bond motifs is 1. The molecule has 2 aliphatic carbocycles. The van der Waals surface area contributed by atoms with Gasteiger partial charge in [0.1, 0.15) is 5.00 Å². The highest BCUT2D eigenvalue weighted by Crippen LogP contribution is 2.40. The summed E-state index contributed by atoms with van der Waals surface area (Å²) >= 11 is 1.53. The van der Waals surface area contributed by atoms with Crippen LogP contribution in [0.1, 0.15) is 85.5 Å². The summed E-state index contributed by atoms with van der Waals surface area (Å²) in [4.78, 5) is 37.2. The fourth-order valence-corrected chi connectivity index (χ4v) is 5.62. The fraction of sp³-hybridized carbons (Fsp3) is 0.667. The first-order chi connectivity index (χ1) is 13.5. The number of anilines is 1. The highest BCUT2D eigenvalue weighted by atomic mass is 32.1. The van der Waals surface area contributed by atoms with Gasteiger partial charge in [-0.05, 0) is 50.0 Å². The number of thiophene rings is 1. The van der Waals surface area contributed by atoms with E-state index in [2.05, 4.69) is 17.6 Å². The lowest BCUT2D eigenvalue weighted by atomic mass is 9.85. The van der Waals surface area contributed by atoms with Gasteiger partial charge in [0.25, 0.3) is 5.91 Å². The molecule has 3 N–H and O–H groups in total. The first-order valence-corrected chi connectivity index (χ1v) is 11.3. The van der Waals surface area contributed by atoms with E-state index < -0.39 is 5.97 Å². The second-order valence-electron chi connectivity index (χ2n) is 7.98. The molecule has 0 bridgehead atoms. The van der Waals surface area contributed by atoms with Crippen molar-refractivity contribution in [3.05, 3.63) is 16.0 Å². The lowest BCUT2D eigenvalue weighted by molar-refractivity contribution is -0.137. The van der Waals surface area contributed by atoms with Crippen molar-refractivity contribution in [1.82, 2.24) is 5.32 Å². The standard InChI is InChI=1S/C21H30N2O4S/c1-2-13-10-11-15-16(12-13)28-21(23-17(24)8-5-9-18(25)26)19(15)20(27)22-14-6-3-4-7-14/h13-14H,2-12H2,1H3,(H,22,27)(H,23,24)(H,25,26)/t13-/m0/s1. The van der Waals surface area contributed by atoms with Gasteiger partial charge < -0.3 is 15.7 Å². The maximum absolute atomic E-state index is 13.1. The van der Waals surface area contributed by atoms with Crippen LogP contribution in [0, 0.1) is 5.92 Å². The van der Waals surface area contributed by atoms with Gasteiger partial charge >= 0.3 is 5.97 Å². The number of carbonyl (C=O) groups excluding carboxylic acids is 2. The Morgan fingerprint density at radius 2 is 1.89 bits per heavy atom. The molecule has 0 saturated heterocycles. The number of carboxylic acid groups (broad SMARTS) is 1. The number of amides is 2. The molecule has 0 unspecified atom stereocenters. The average molecular weight is 407 g/mol. The Bertz CT molecular complexity index is 737. The minimum atomic E-state index is -0.901. The van der Waals surface area contributed by atoms with Crippen LogP contribution in [-0.2, 0) is 22.4 Å². The second kappa shape index (κ2) is 9.54. The molecule has 2 amide bonds. The lowest BCUT2D eigenvalue weighted by Crippen LogP contribution is -2.33. The summed E-state index contributed by atoms with van der Waals surface area (Å²) in [5.74, 6) is -0.556. The SMILES string of the molecule is CC[C@H]1CCc2c(sc(NC(=O)CCCC(=O)O)c2C(=O)NC2CCCC2)C1. The molecule has 6 nitrogen and oxygen atoms in total. The van der Waals surface area contributed by atoms with Gasteiger partial charge in [0.05, 0.1) is 5.56 Å². The van der Waals surface area contributed by atoms with Gasteiger partial charge in [-0.15, -0.1) is 11.3 Å². The minimum absolute atomic E-state index is 0.0262. The summed E-state index contributed by atoms with van der Waals surface area (Å²) in [5, 5.41) is 15.5. The van der Waals surface area contributed by atoms with Crippen molar-refractivity contribution in [3.63, 3.8) is 0 Å². The molecule has 154 valence electrons. The van der Waals surface area contributed by atoms with Crippen molar-refractivity contribution >= 4 is 34.1 Å². The van der Waals surface area contributed by atoms with E-state index in [0.717, 1.165) is 56.9 Å². The van der Waals surface area contributed by atoms with Crippen molar-refractivity contribution in [2.45, 2.75) is 83.6 Å². The third-order valence-electron chi connectivity index (χ3n) is 5.91. The van der Waals surface area contributed by atoms with Gasteiger partial charge in [-0.2, -0.15) is 0 Å². The molecule has 7 heteroatoms. The largest absolute Gasteiger partial charge is 0.481 e. The van der Waals surface area contributed by atoms with E-state index in [-0.39, 0.29) is 30.7 Å². The molecule has 1 heterocycles. The quantitative estimate of drug-likeness (QED) is 0.605. The van der Waals surface area contributed by atoms with E-state index in [1.807, 2.05) is 0 Å². The Kier molecular flexibility index (Phi) is 7.10. The zero-order valence-corrected chi connectivity index (χ0v) is 17.3. The zero-order valence-electron chi connectivity index (χ0n) is 16.5. The topological polar surface area (TPSA) is 95.5 Å². The highest BCUT2D eigenvalue weighted by Gasteiger charge is 2.30. The Hall–Kier alpha value is -1.89. The number of nitrogens with one attached hydrogen (secondary N) is 2. The van der Waals surface area contributed by atoms with Crippen molar-refractivity contribution in [2.24, 2.45) is 5.92 Å². The Labute approximate surface area is 170 Å².